The second kappa shape index (κ2) is 5.40. The van der Waals surface area contributed by atoms with E-state index in [1.165, 1.54) is 0 Å². The van der Waals surface area contributed by atoms with Crippen LogP contribution in [0.1, 0.15) is 24.6 Å². The lowest BCUT2D eigenvalue weighted by atomic mass is 9.99. The van der Waals surface area contributed by atoms with Gasteiger partial charge in [0.25, 0.3) is 5.89 Å². The third-order valence-corrected chi connectivity index (χ3v) is 3.44. The molecular formula is C14H17N3O2. The van der Waals surface area contributed by atoms with Crippen molar-refractivity contribution >= 4 is 0 Å². The van der Waals surface area contributed by atoms with E-state index in [-0.39, 0.29) is 0 Å². The Morgan fingerprint density at radius 3 is 2.84 bits per heavy atom. The van der Waals surface area contributed by atoms with Gasteiger partial charge in [-0.05, 0) is 43.7 Å². The smallest absolute Gasteiger partial charge is 0.257 e. The van der Waals surface area contributed by atoms with Gasteiger partial charge in [0.15, 0.2) is 5.82 Å². The van der Waals surface area contributed by atoms with Gasteiger partial charge in [-0.25, -0.2) is 0 Å². The normalized spacial score (nSPS) is 19.3. The van der Waals surface area contributed by atoms with Gasteiger partial charge >= 0.3 is 0 Å². The number of hydrogen-bond donors (Lipinski definition) is 1. The van der Waals surface area contributed by atoms with Crippen LogP contribution in [0.5, 0.6) is 5.75 Å². The molecule has 0 radical (unpaired) electrons. The molecule has 5 nitrogen and oxygen atoms in total. The molecular weight excluding hydrogens is 242 g/mol. The molecule has 1 aliphatic rings. The fourth-order valence-corrected chi connectivity index (χ4v) is 2.32. The SMILES string of the molecule is COc1ccc(-c2nc(C3CCCNC3)no2)cc1. The van der Waals surface area contributed by atoms with E-state index in [2.05, 4.69) is 15.5 Å². The van der Waals surface area contributed by atoms with Crippen molar-refractivity contribution in [3.8, 4) is 17.2 Å². The number of rotatable bonds is 3. The molecule has 2 aromatic rings. The summed E-state index contributed by atoms with van der Waals surface area (Å²) < 4.78 is 10.5. The maximum Gasteiger partial charge on any atom is 0.257 e. The maximum absolute atomic E-state index is 5.35. The van der Waals surface area contributed by atoms with Gasteiger partial charge in [0.05, 0.1) is 7.11 Å². The molecule has 1 N–H and O–H groups in total. The first kappa shape index (κ1) is 12.2. The topological polar surface area (TPSA) is 60.2 Å². The van der Waals surface area contributed by atoms with Crippen LogP contribution in [0.4, 0.5) is 0 Å². The molecule has 0 aliphatic carbocycles. The van der Waals surface area contributed by atoms with Gasteiger partial charge in [-0.15, -0.1) is 0 Å². The van der Waals surface area contributed by atoms with E-state index in [1.807, 2.05) is 24.3 Å². The molecule has 0 saturated carbocycles. The summed E-state index contributed by atoms with van der Waals surface area (Å²) in [6, 6.07) is 7.63. The van der Waals surface area contributed by atoms with Crippen LogP contribution in [0.2, 0.25) is 0 Å². The predicted molar refractivity (Wildman–Crippen MR) is 71.1 cm³/mol. The number of nitrogens with one attached hydrogen (secondary N) is 1. The van der Waals surface area contributed by atoms with Crippen LogP contribution >= 0.6 is 0 Å². The van der Waals surface area contributed by atoms with Crippen LogP contribution < -0.4 is 10.1 Å². The molecule has 2 heterocycles. The Kier molecular flexibility index (Phi) is 3.46. The fourth-order valence-electron chi connectivity index (χ4n) is 2.32. The van der Waals surface area contributed by atoms with Crippen LogP contribution in [0, 0.1) is 0 Å². The minimum Gasteiger partial charge on any atom is -0.497 e. The lowest BCUT2D eigenvalue weighted by Gasteiger charge is -2.19. The van der Waals surface area contributed by atoms with Crippen LogP contribution in [0.3, 0.4) is 0 Å². The van der Waals surface area contributed by atoms with Gasteiger partial charge in [0.2, 0.25) is 0 Å². The van der Waals surface area contributed by atoms with Gasteiger partial charge in [0.1, 0.15) is 5.75 Å². The predicted octanol–water partition coefficient (Wildman–Crippen LogP) is 2.21. The molecule has 0 spiro atoms. The number of benzene rings is 1. The molecule has 5 heteroatoms. The molecule has 1 saturated heterocycles. The number of nitrogens with zero attached hydrogens (tertiary/aromatic N) is 2. The van der Waals surface area contributed by atoms with Crippen LogP contribution in [0.15, 0.2) is 28.8 Å². The van der Waals surface area contributed by atoms with E-state index in [9.17, 15) is 0 Å². The van der Waals surface area contributed by atoms with Crippen molar-refractivity contribution in [2.45, 2.75) is 18.8 Å². The molecule has 3 rings (SSSR count). The largest absolute Gasteiger partial charge is 0.497 e. The first-order valence-electron chi connectivity index (χ1n) is 6.55. The Balaban J connectivity index is 1.79. The summed E-state index contributed by atoms with van der Waals surface area (Å²) >= 11 is 0. The third-order valence-electron chi connectivity index (χ3n) is 3.44. The summed E-state index contributed by atoms with van der Waals surface area (Å²) in [4.78, 5) is 4.50. The van der Waals surface area contributed by atoms with E-state index < -0.39 is 0 Å². The van der Waals surface area contributed by atoms with Gasteiger partial charge in [0, 0.05) is 18.0 Å². The lowest BCUT2D eigenvalue weighted by molar-refractivity contribution is 0.393. The zero-order valence-electron chi connectivity index (χ0n) is 10.9. The summed E-state index contributed by atoms with van der Waals surface area (Å²) in [7, 11) is 1.65. The molecule has 1 aliphatic heterocycles. The molecule has 0 bridgehead atoms. The number of aromatic nitrogens is 2. The molecule has 0 amide bonds. The summed E-state index contributed by atoms with van der Waals surface area (Å²) in [6.07, 6.45) is 2.28. The van der Waals surface area contributed by atoms with Gasteiger partial charge in [-0.3, -0.25) is 0 Å². The third kappa shape index (κ3) is 2.61. The minimum atomic E-state index is 0.365. The molecule has 1 aromatic carbocycles. The highest BCUT2D eigenvalue weighted by atomic mass is 16.5. The molecule has 1 fully saturated rings. The second-order valence-corrected chi connectivity index (χ2v) is 4.73. The standard InChI is InChI=1S/C14H17N3O2/c1-18-12-6-4-10(5-7-12)14-16-13(17-19-14)11-3-2-8-15-9-11/h4-7,11,15H,2-3,8-9H2,1H3. The Morgan fingerprint density at radius 2 is 2.16 bits per heavy atom. The fraction of sp³-hybridized carbons (Fsp3) is 0.429. The Labute approximate surface area is 112 Å². The minimum absolute atomic E-state index is 0.365. The van der Waals surface area contributed by atoms with Crippen molar-refractivity contribution in [3.05, 3.63) is 30.1 Å². The Bertz CT molecular complexity index is 530. The van der Waals surface area contributed by atoms with Crippen LogP contribution in [0.25, 0.3) is 11.5 Å². The molecule has 1 atom stereocenters. The van der Waals surface area contributed by atoms with Gasteiger partial charge in [-0.2, -0.15) is 4.98 Å². The van der Waals surface area contributed by atoms with Crippen molar-refractivity contribution in [2.75, 3.05) is 20.2 Å². The Morgan fingerprint density at radius 1 is 1.32 bits per heavy atom. The summed E-state index contributed by atoms with van der Waals surface area (Å²) in [5.74, 6) is 2.56. The van der Waals surface area contributed by atoms with E-state index >= 15 is 0 Å². The van der Waals surface area contributed by atoms with E-state index in [4.69, 9.17) is 9.26 Å². The van der Waals surface area contributed by atoms with Crippen molar-refractivity contribution < 1.29 is 9.26 Å². The first-order chi connectivity index (χ1) is 9.36. The number of hydrogen-bond acceptors (Lipinski definition) is 5. The van der Waals surface area contributed by atoms with E-state index in [0.29, 0.717) is 11.8 Å². The highest BCUT2D eigenvalue weighted by Crippen LogP contribution is 2.25. The van der Waals surface area contributed by atoms with Crippen molar-refractivity contribution in [1.82, 2.24) is 15.5 Å². The molecule has 19 heavy (non-hydrogen) atoms. The maximum atomic E-state index is 5.35. The monoisotopic (exact) mass is 259 g/mol. The highest BCUT2D eigenvalue weighted by Gasteiger charge is 2.21. The van der Waals surface area contributed by atoms with Crippen molar-refractivity contribution in [2.24, 2.45) is 0 Å². The number of piperidine rings is 1. The van der Waals surface area contributed by atoms with Gasteiger partial charge in [-0.1, -0.05) is 5.16 Å². The average molecular weight is 259 g/mol. The van der Waals surface area contributed by atoms with Crippen LogP contribution in [-0.2, 0) is 0 Å². The first-order valence-corrected chi connectivity index (χ1v) is 6.55. The summed E-state index contributed by atoms with van der Waals surface area (Å²) in [5, 5.41) is 7.46. The second-order valence-electron chi connectivity index (χ2n) is 4.73. The number of ether oxygens (including phenoxy) is 1. The van der Waals surface area contributed by atoms with Crippen molar-refractivity contribution in [1.29, 1.82) is 0 Å². The summed E-state index contributed by atoms with van der Waals surface area (Å²) in [6.45, 7) is 2.02. The molecule has 1 unspecified atom stereocenters. The van der Waals surface area contributed by atoms with Gasteiger partial charge < -0.3 is 14.6 Å². The van der Waals surface area contributed by atoms with E-state index in [1.54, 1.807) is 7.11 Å². The van der Waals surface area contributed by atoms with Crippen LogP contribution in [-0.4, -0.2) is 30.3 Å². The average Bonchev–Trinajstić information content (AvgIpc) is 2.98. The Hall–Kier alpha value is -1.88. The molecule has 1 aromatic heterocycles. The quantitative estimate of drug-likeness (QED) is 0.915. The van der Waals surface area contributed by atoms with Crippen molar-refractivity contribution in [3.63, 3.8) is 0 Å². The highest BCUT2D eigenvalue weighted by molar-refractivity contribution is 5.54. The summed E-state index contributed by atoms with van der Waals surface area (Å²) in [5.41, 5.74) is 0.920. The van der Waals surface area contributed by atoms with E-state index in [0.717, 1.165) is 43.1 Å². The lowest BCUT2D eigenvalue weighted by Crippen LogP contribution is -2.28. The molecule has 100 valence electrons. The number of methoxy groups -OCH3 is 1. The zero-order chi connectivity index (χ0) is 13.1. The zero-order valence-corrected chi connectivity index (χ0v) is 10.9.